The summed E-state index contributed by atoms with van der Waals surface area (Å²) in [5, 5.41) is 0. The van der Waals surface area contributed by atoms with E-state index in [4.69, 9.17) is 9.47 Å². The van der Waals surface area contributed by atoms with Gasteiger partial charge in [0.1, 0.15) is 13.2 Å². The first-order valence-electron chi connectivity index (χ1n) is 17.4. The summed E-state index contributed by atoms with van der Waals surface area (Å²) < 4.78 is 11.5. The molecule has 44 heavy (non-hydrogen) atoms. The Hall–Kier alpha value is -2.70. The van der Waals surface area contributed by atoms with Crippen molar-refractivity contribution in [2.45, 2.75) is 118 Å². The van der Waals surface area contributed by atoms with Gasteiger partial charge in [0.05, 0.1) is 0 Å². The lowest BCUT2D eigenvalue weighted by Gasteiger charge is -2.21. The molecule has 0 heterocycles. The van der Waals surface area contributed by atoms with Crippen molar-refractivity contribution < 1.29 is 19.1 Å². The Morgan fingerprint density at radius 1 is 0.500 bits per heavy atom. The fourth-order valence-electron chi connectivity index (χ4n) is 5.37. The lowest BCUT2D eigenvalue weighted by molar-refractivity contribution is -0.146. The summed E-state index contributed by atoms with van der Waals surface area (Å²) in [5.74, 6) is -0.313. The molecule has 0 aromatic heterocycles. The van der Waals surface area contributed by atoms with Crippen LogP contribution < -0.4 is 0 Å². The summed E-state index contributed by atoms with van der Waals surface area (Å²) >= 11 is 0. The van der Waals surface area contributed by atoms with Crippen LogP contribution >= 0.6 is 0 Å². The monoisotopic (exact) mass is 608 g/mol. The van der Waals surface area contributed by atoms with Crippen LogP contribution in [0.5, 0.6) is 0 Å². The average Bonchev–Trinajstić information content (AvgIpc) is 3.05. The highest BCUT2D eigenvalue weighted by Crippen LogP contribution is 2.28. The summed E-state index contributed by atoms with van der Waals surface area (Å²) in [4.78, 5) is 30.3. The molecule has 0 bridgehead atoms. The molecule has 0 N–H and O–H groups in total. The number of nitrogens with zero attached hydrogens (tertiary/aromatic N) is 2. The minimum Gasteiger partial charge on any atom is -0.461 e. The molecule has 2 aromatic carbocycles. The molecule has 0 aliphatic rings. The topological polar surface area (TPSA) is 59.1 Å². The second kappa shape index (κ2) is 23.7. The van der Waals surface area contributed by atoms with E-state index < -0.39 is 0 Å². The van der Waals surface area contributed by atoms with E-state index in [-0.39, 0.29) is 25.2 Å². The van der Waals surface area contributed by atoms with Crippen LogP contribution in [0.2, 0.25) is 0 Å². The highest BCUT2D eigenvalue weighted by molar-refractivity contribution is 5.73. The van der Waals surface area contributed by atoms with Crippen molar-refractivity contribution in [3.63, 3.8) is 0 Å². The molecule has 2 aromatic rings. The van der Waals surface area contributed by atoms with Gasteiger partial charge in [-0.25, -0.2) is 0 Å². The zero-order valence-electron chi connectivity index (χ0n) is 28.3. The van der Waals surface area contributed by atoms with E-state index in [1.165, 1.54) is 51.4 Å². The van der Waals surface area contributed by atoms with Gasteiger partial charge in [0.15, 0.2) is 0 Å². The number of hydrogen-bond donors (Lipinski definition) is 0. The molecule has 0 aliphatic heterocycles. The maximum absolute atomic E-state index is 12.6. The highest BCUT2D eigenvalue weighted by atomic mass is 16.5. The highest BCUT2D eigenvalue weighted by Gasteiger charge is 2.14. The number of carbonyl (C=O) groups excluding carboxylic acids is 2. The van der Waals surface area contributed by atoms with Crippen molar-refractivity contribution in [3.05, 3.63) is 59.7 Å². The third-order valence-electron chi connectivity index (χ3n) is 8.12. The summed E-state index contributed by atoms with van der Waals surface area (Å²) in [7, 11) is 0. The molecule has 0 saturated carbocycles. The lowest BCUT2D eigenvalue weighted by Crippen LogP contribution is -2.27. The molecule has 6 nitrogen and oxygen atoms in total. The maximum atomic E-state index is 12.6. The van der Waals surface area contributed by atoms with Crippen LogP contribution in [0.4, 0.5) is 0 Å². The van der Waals surface area contributed by atoms with Gasteiger partial charge in [-0.2, -0.15) is 0 Å². The molecule has 0 unspecified atom stereocenters. The van der Waals surface area contributed by atoms with E-state index in [0.717, 1.165) is 74.4 Å². The van der Waals surface area contributed by atoms with Gasteiger partial charge in [-0.3, -0.25) is 9.59 Å². The molecule has 0 saturated heterocycles. The standard InChI is InChI=1S/C38H60N2O4/c1-5-9-25-39(26-10-6-2)29-17-23-37(41)43-31-33-19-13-15-21-35(33)36-22-16-14-20-34(36)32-44-38(42)24-18-30-40(27-11-7-3)28-12-8-4/h13-16,19-22H,5-12,17-18,23-32H2,1-4H3. The molecular formula is C38H60N2O4. The van der Waals surface area contributed by atoms with Crippen molar-refractivity contribution in [1.29, 1.82) is 0 Å². The van der Waals surface area contributed by atoms with Crippen molar-refractivity contribution in [2.24, 2.45) is 0 Å². The smallest absolute Gasteiger partial charge is 0.306 e. The quantitative estimate of drug-likeness (QED) is 0.105. The summed E-state index contributed by atoms with van der Waals surface area (Å²) in [5.41, 5.74) is 3.90. The Bertz CT molecular complexity index is 957. The van der Waals surface area contributed by atoms with Crippen LogP contribution in [0.3, 0.4) is 0 Å². The molecule has 0 radical (unpaired) electrons. The molecule has 246 valence electrons. The second-order valence-corrected chi connectivity index (χ2v) is 11.9. The Morgan fingerprint density at radius 3 is 1.16 bits per heavy atom. The number of esters is 2. The average molecular weight is 609 g/mol. The summed E-state index contributed by atoms with van der Waals surface area (Å²) in [6.07, 6.45) is 12.0. The summed E-state index contributed by atoms with van der Waals surface area (Å²) in [6, 6.07) is 16.0. The van der Waals surface area contributed by atoms with Crippen LogP contribution in [0, 0.1) is 0 Å². The fourth-order valence-corrected chi connectivity index (χ4v) is 5.37. The first-order chi connectivity index (χ1) is 21.5. The van der Waals surface area contributed by atoms with Gasteiger partial charge < -0.3 is 19.3 Å². The summed E-state index contributed by atoms with van der Waals surface area (Å²) in [6.45, 7) is 15.6. The number of unbranched alkanes of at least 4 members (excludes halogenated alkanes) is 4. The molecule has 0 aliphatic carbocycles. The maximum Gasteiger partial charge on any atom is 0.306 e. The molecule has 6 heteroatoms. The van der Waals surface area contributed by atoms with E-state index in [2.05, 4.69) is 37.5 Å². The van der Waals surface area contributed by atoms with Crippen LogP contribution in [-0.4, -0.2) is 61.0 Å². The second-order valence-electron chi connectivity index (χ2n) is 11.9. The Labute approximate surface area is 268 Å². The van der Waals surface area contributed by atoms with Crippen LogP contribution in [0.1, 0.15) is 116 Å². The molecule has 0 amide bonds. The van der Waals surface area contributed by atoms with Gasteiger partial charge in [0.25, 0.3) is 0 Å². The minimum atomic E-state index is -0.157. The van der Waals surface area contributed by atoms with E-state index in [0.29, 0.717) is 12.8 Å². The van der Waals surface area contributed by atoms with E-state index in [1.54, 1.807) is 0 Å². The van der Waals surface area contributed by atoms with E-state index in [9.17, 15) is 9.59 Å². The predicted molar refractivity (Wildman–Crippen MR) is 182 cm³/mol. The lowest BCUT2D eigenvalue weighted by atomic mass is 9.96. The van der Waals surface area contributed by atoms with Gasteiger partial charge >= 0.3 is 11.9 Å². The number of benzene rings is 2. The first-order valence-corrected chi connectivity index (χ1v) is 17.4. The van der Waals surface area contributed by atoms with E-state index >= 15 is 0 Å². The van der Waals surface area contributed by atoms with Crippen molar-refractivity contribution in [2.75, 3.05) is 39.3 Å². The zero-order valence-corrected chi connectivity index (χ0v) is 28.3. The predicted octanol–water partition coefficient (Wildman–Crippen LogP) is 8.80. The molecular weight excluding hydrogens is 548 g/mol. The number of ether oxygens (including phenoxy) is 2. The van der Waals surface area contributed by atoms with Crippen LogP contribution in [0.25, 0.3) is 11.1 Å². The number of carbonyl (C=O) groups is 2. The Balaban J connectivity index is 1.90. The van der Waals surface area contributed by atoms with Crippen LogP contribution in [-0.2, 0) is 32.3 Å². The largest absolute Gasteiger partial charge is 0.461 e. The van der Waals surface area contributed by atoms with Gasteiger partial charge in [0, 0.05) is 12.8 Å². The number of rotatable bonds is 25. The van der Waals surface area contributed by atoms with E-state index in [1.807, 2.05) is 48.5 Å². The molecule has 0 atom stereocenters. The van der Waals surface area contributed by atoms with Gasteiger partial charge in [0.2, 0.25) is 0 Å². The van der Waals surface area contributed by atoms with Crippen LogP contribution in [0.15, 0.2) is 48.5 Å². The Morgan fingerprint density at radius 2 is 0.818 bits per heavy atom. The van der Waals surface area contributed by atoms with Crippen molar-refractivity contribution in [3.8, 4) is 11.1 Å². The third kappa shape index (κ3) is 15.3. The fraction of sp³-hybridized carbons (Fsp3) is 0.632. The van der Waals surface area contributed by atoms with Gasteiger partial charge in [-0.1, -0.05) is 102 Å². The molecule has 0 spiro atoms. The van der Waals surface area contributed by atoms with Crippen molar-refractivity contribution >= 4 is 11.9 Å². The third-order valence-corrected chi connectivity index (χ3v) is 8.12. The Kier molecular flexibility index (Phi) is 20.2. The normalized spacial score (nSPS) is 11.3. The first kappa shape index (κ1) is 37.5. The molecule has 2 rings (SSSR count). The van der Waals surface area contributed by atoms with Gasteiger partial charge in [-0.05, 0) is 100 Å². The number of hydrogen-bond acceptors (Lipinski definition) is 6. The zero-order chi connectivity index (χ0) is 31.8. The minimum absolute atomic E-state index is 0.157. The molecule has 0 fully saturated rings. The SMILES string of the molecule is CCCCN(CCCC)CCCC(=O)OCc1ccccc1-c1ccccc1COC(=O)CCCN(CCCC)CCCC. The van der Waals surface area contributed by atoms with Gasteiger partial charge in [-0.15, -0.1) is 0 Å². The van der Waals surface area contributed by atoms with Crippen molar-refractivity contribution in [1.82, 2.24) is 9.80 Å².